The van der Waals surface area contributed by atoms with Crippen molar-refractivity contribution in [3.63, 3.8) is 0 Å². The van der Waals surface area contributed by atoms with Crippen molar-refractivity contribution in [2.75, 3.05) is 5.43 Å². The van der Waals surface area contributed by atoms with Crippen molar-refractivity contribution in [1.82, 2.24) is 15.1 Å². The summed E-state index contributed by atoms with van der Waals surface area (Å²) in [5.41, 5.74) is 6.38. The number of halogens is 1. The molecule has 1 aromatic heterocycles. The van der Waals surface area contributed by atoms with Gasteiger partial charge in [0, 0.05) is 0 Å². The molecule has 3 rings (SSSR count). The van der Waals surface area contributed by atoms with Gasteiger partial charge in [0.2, 0.25) is 0 Å². The van der Waals surface area contributed by atoms with Gasteiger partial charge < -0.3 is 0 Å². The fraction of sp³-hybridized carbons (Fsp3) is 0.0769. The molecule has 0 aliphatic rings. The summed E-state index contributed by atoms with van der Waals surface area (Å²) in [6.07, 6.45) is 0. The molecule has 0 aliphatic heterocycles. The smallest absolute Gasteiger partial charge is 0.125 e. The first-order valence-corrected chi connectivity index (χ1v) is 5.58. The summed E-state index contributed by atoms with van der Waals surface area (Å²) in [5.74, 6) is -0.291. The van der Waals surface area contributed by atoms with E-state index >= 15 is 0 Å². The van der Waals surface area contributed by atoms with Gasteiger partial charge in [0.15, 0.2) is 0 Å². The van der Waals surface area contributed by atoms with Crippen LogP contribution in [0, 0.1) is 12.7 Å². The predicted octanol–water partition coefficient (Wildman–Crippen LogP) is 2.75. The van der Waals surface area contributed by atoms with E-state index in [1.54, 1.807) is 12.1 Å². The lowest BCUT2D eigenvalue weighted by atomic mass is 10.2. The van der Waals surface area contributed by atoms with Crippen molar-refractivity contribution >= 4 is 16.7 Å². The van der Waals surface area contributed by atoms with Crippen molar-refractivity contribution in [3.05, 3.63) is 53.8 Å². The summed E-state index contributed by atoms with van der Waals surface area (Å²) in [5, 5.41) is 8.11. The molecule has 3 aromatic rings. The zero-order chi connectivity index (χ0) is 12.5. The Morgan fingerprint density at radius 3 is 2.83 bits per heavy atom. The number of benzene rings is 2. The fourth-order valence-corrected chi connectivity index (χ4v) is 1.85. The molecule has 0 unspecified atom stereocenters. The van der Waals surface area contributed by atoms with Crippen molar-refractivity contribution in [2.45, 2.75) is 6.92 Å². The van der Waals surface area contributed by atoms with Crippen LogP contribution in [0.3, 0.4) is 0 Å². The van der Waals surface area contributed by atoms with E-state index in [1.165, 1.54) is 16.9 Å². The lowest BCUT2D eigenvalue weighted by Crippen LogP contribution is -2.10. The molecule has 2 aromatic carbocycles. The molecule has 0 spiro atoms. The first-order valence-electron chi connectivity index (χ1n) is 5.58. The Balaban J connectivity index is 2.03. The number of anilines is 1. The van der Waals surface area contributed by atoms with E-state index < -0.39 is 0 Å². The highest BCUT2D eigenvalue weighted by atomic mass is 19.1. The van der Waals surface area contributed by atoms with E-state index in [1.807, 2.05) is 25.1 Å². The minimum absolute atomic E-state index is 0.291. The van der Waals surface area contributed by atoms with Gasteiger partial charge in [0.05, 0.1) is 5.69 Å². The Hall–Kier alpha value is -2.43. The first-order chi connectivity index (χ1) is 8.74. The molecular formula is C13H11FN4. The molecule has 18 heavy (non-hydrogen) atoms. The molecule has 4 nitrogen and oxygen atoms in total. The van der Waals surface area contributed by atoms with E-state index in [2.05, 4.69) is 15.7 Å². The highest BCUT2D eigenvalue weighted by Crippen LogP contribution is 2.16. The van der Waals surface area contributed by atoms with Gasteiger partial charge in [-0.25, -0.2) is 4.39 Å². The Bertz CT molecular complexity index is 705. The predicted molar refractivity (Wildman–Crippen MR) is 67.7 cm³/mol. The zero-order valence-corrected chi connectivity index (χ0v) is 9.76. The molecular weight excluding hydrogens is 231 g/mol. The second kappa shape index (κ2) is 4.10. The molecule has 0 saturated heterocycles. The Labute approximate surface area is 103 Å². The van der Waals surface area contributed by atoms with E-state index in [4.69, 9.17) is 0 Å². The van der Waals surface area contributed by atoms with E-state index in [0.29, 0.717) is 5.69 Å². The van der Waals surface area contributed by atoms with Crippen molar-refractivity contribution in [1.29, 1.82) is 0 Å². The minimum Gasteiger partial charge on any atom is -0.276 e. The van der Waals surface area contributed by atoms with Gasteiger partial charge in [-0.2, -0.15) is 4.79 Å². The first kappa shape index (κ1) is 10.7. The van der Waals surface area contributed by atoms with Crippen molar-refractivity contribution in [2.24, 2.45) is 0 Å². The number of aryl methyl sites for hydroxylation is 1. The topological polar surface area (TPSA) is 42.7 Å². The van der Waals surface area contributed by atoms with Gasteiger partial charge in [-0.3, -0.25) is 5.43 Å². The molecule has 0 amide bonds. The van der Waals surface area contributed by atoms with Crippen LogP contribution in [-0.2, 0) is 0 Å². The molecule has 0 aliphatic carbocycles. The molecule has 0 saturated carbocycles. The molecule has 0 radical (unpaired) electrons. The maximum Gasteiger partial charge on any atom is 0.125 e. The summed E-state index contributed by atoms with van der Waals surface area (Å²) in [4.78, 5) is 1.54. The second-order valence-corrected chi connectivity index (χ2v) is 4.07. The number of nitrogens with zero attached hydrogens (tertiary/aromatic N) is 3. The summed E-state index contributed by atoms with van der Waals surface area (Å²) in [7, 11) is 0. The fourth-order valence-electron chi connectivity index (χ4n) is 1.85. The van der Waals surface area contributed by atoms with Crippen LogP contribution in [0.1, 0.15) is 5.56 Å². The lowest BCUT2D eigenvalue weighted by molar-refractivity contribution is 0.627. The highest BCUT2D eigenvalue weighted by Gasteiger charge is 2.06. The summed E-state index contributed by atoms with van der Waals surface area (Å²) < 4.78 is 13.1. The van der Waals surface area contributed by atoms with E-state index in [9.17, 15) is 4.39 Å². The quantitative estimate of drug-likeness (QED) is 0.751. The normalized spacial score (nSPS) is 10.8. The molecule has 5 heteroatoms. The van der Waals surface area contributed by atoms with Gasteiger partial charge in [-0.05, 0) is 42.0 Å². The van der Waals surface area contributed by atoms with Crippen LogP contribution in [0.15, 0.2) is 42.5 Å². The van der Waals surface area contributed by atoms with Gasteiger partial charge >= 0.3 is 0 Å². The van der Waals surface area contributed by atoms with Crippen LogP contribution in [0.5, 0.6) is 0 Å². The van der Waals surface area contributed by atoms with Crippen LogP contribution >= 0.6 is 0 Å². The van der Waals surface area contributed by atoms with Crippen LogP contribution in [0.25, 0.3) is 11.0 Å². The number of rotatable bonds is 2. The van der Waals surface area contributed by atoms with Gasteiger partial charge in [0.1, 0.15) is 16.9 Å². The van der Waals surface area contributed by atoms with Crippen molar-refractivity contribution in [3.8, 4) is 0 Å². The van der Waals surface area contributed by atoms with Crippen LogP contribution in [0.4, 0.5) is 10.1 Å². The molecule has 1 N–H and O–H groups in total. The van der Waals surface area contributed by atoms with Crippen LogP contribution < -0.4 is 5.43 Å². The summed E-state index contributed by atoms with van der Waals surface area (Å²) in [6, 6.07) is 12.0. The third-order valence-corrected chi connectivity index (χ3v) is 2.74. The zero-order valence-electron chi connectivity index (χ0n) is 9.76. The maximum atomic E-state index is 13.1. The average molecular weight is 242 g/mol. The van der Waals surface area contributed by atoms with Crippen molar-refractivity contribution < 1.29 is 4.39 Å². The van der Waals surface area contributed by atoms with E-state index in [0.717, 1.165) is 16.6 Å². The van der Waals surface area contributed by atoms with Gasteiger partial charge in [-0.15, -0.1) is 5.10 Å². The number of hydrogen-bond donors (Lipinski definition) is 1. The van der Waals surface area contributed by atoms with Crippen LogP contribution in [-0.4, -0.2) is 15.1 Å². The molecule has 0 bridgehead atoms. The monoisotopic (exact) mass is 242 g/mol. The average Bonchev–Trinajstić information content (AvgIpc) is 2.74. The van der Waals surface area contributed by atoms with Gasteiger partial charge in [-0.1, -0.05) is 18.2 Å². The van der Waals surface area contributed by atoms with E-state index in [-0.39, 0.29) is 5.82 Å². The molecule has 90 valence electrons. The Morgan fingerprint density at radius 1 is 1.17 bits per heavy atom. The molecule has 1 heterocycles. The summed E-state index contributed by atoms with van der Waals surface area (Å²) >= 11 is 0. The molecule has 0 fully saturated rings. The van der Waals surface area contributed by atoms with Gasteiger partial charge in [0.25, 0.3) is 0 Å². The molecule has 0 atom stereocenters. The lowest BCUT2D eigenvalue weighted by Gasteiger charge is -2.06. The Kier molecular flexibility index (Phi) is 2.44. The second-order valence-electron chi connectivity index (χ2n) is 4.07. The maximum absolute atomic E-state index is 13.1. The SMILES string of the molecule is Cc1cccc2c1nnn2Nc1cccc(F)c1. The Morgan fingerprint density at radius 2 is 2.00 bits per heavy atom. The largest absolute Gasteiger partial charge is 0.276 e. The number of fused-ring (bicyclic) bond motifs is 1. The number of nitrogens with one attached hydrogen (secondary N) is 1. The van der Waals surface area contributed by atoms with Crippen LogP contribution in [0.2, 0.25) is 0 Å². The minimum atomic E-state index is -0.291. The number of hydrogen-bond acceptors (Lipinski definition) is 3. The third kappa shape index (κ3) is 1.79. The standard InChI is InChI=1S/C13H11FN4/c1-9-4-2-7-12-13(9)15-17-18(12)16-11-6-3-5-10(14)8-11/h2-8,16H,1H3. The summed E-state index contributed by atoms with van der Waals surface area (Å²) in [6.45, 7) is 1.98. The third-order valence-electron chi connectivity index (χ3n) is 2.74. The number of aromatic nitrogens is 3. The highest BCUT2D eigenvalue weighted by molar-refractivity contribution is 5.78.